The minimum atomic E-state index is -0.583. The molecule has 1 aliphatic heterocycles. The van der Waals surface area contributed by atoms with Gasteiger partial charge in [-0.05, 0) is 74.1 Å². The van der Waals surface area contributed by atoms with E-state index in [0.29, 0.717) is 12.1 Å². The van der Waals surface area contributed by atoms with Gasteiger partial charge < -0.3 is 15.3 Å². The minimum absolute atomic E-state index is 0.0386. The number of nitrogens with one attached hydrogen (secondary N) is 1. The highest BCUT2D eigenvalue weighted by Gasteiger charge is 2.71. The van der Waals surface area contributed by atoms with Gasteiger partial charge in [0.2, 0.25) is 0 Å². The number of urea groups is 1. The SMILES string of the molecule is C[C@H]1CC2[C@@H]3C([C@@H]3C1)N2C(=O)Nc1ccc(Cl)c(C2CC(C)(O)C2)c1. The molecule has 1 saturated heterocycles. The smallest absolute Gasteiger partial charge is 0.322 e. The Balaban J connectivity index is 1.29. The number of hydrogen-bond donors (Lipinski definition) is 2. The van der Waals surface area contributed by atoms with Crippen LogP contribution in [0.15, 0.2) is 18.2 Å². The van der Waals surface area contributed by atoms with E-state index in [-0.39, 0.29) is 11.9 Å². The van der Waals surface area contributed by atoms with Crippen molar-refractivity contribution in [1.82, 2.24) is 4.90 Å². The fourth-order valence-corrected chi connectivity index (χ4v) is 6.03. The Morgan fingerprint density at radius 3 is 2.84 bits per heavy atom. The summed E-state index contributed by atoms with van der Waals surface area (Å²) >= 11 is 6.35. The summed E-state index contributed by atoms with van der Waals surface area (Å²) in [5.41, 5.74) is 1.26. The molecular formula is C20H25ClN2O2. The molecule has 5 heteroatoms. The van der Waals surface area contributed by atoms with E-state index < -0.39 is 5.60 Å². The highest BCUT2D eigenvalue weighted by molar-refractivity contribution is 6.31. The number of hydrogen-bond acceptors (Lipinski definition) is 2. The highest BCUT2D eigenvalue weighted by atomic mass is 35.5. The molecule has 0 aromatic heterocycles. The maximum atomic E-state index is 12.8. The van der Waals surface area contributed by atoms with Crippen LogP contribution in [-0.2, 0) is 0 Å². The molecule has 3 saturated carbocycles. The van der Waals surface area contributed by atoms with E-state index in [2.05, 4.69) is 17.1 Å². The highest BCUT2D eigenvalue weighted by Crippen LogP contribution is 2.64. The van der Waals surface area contributed by atoms with Crippen molar-refractivity contribution < 1.29 is 9.90 Å². The molecule has 2 unspecified atom stereocenters. The first-order valence-corrected chi connectivity index (χ1v) is 9.83. The number of halogens is 1. The lowest BCUT2D eigenvalue weighted by Gasteiger charge is -2.42. The third-order valence-corrected chi connectivity index (χ3v) is 7.27. The Hall–Kier alpha value is -1.26. The van der Waals surface area contributed by atoms with Crippen molar-refractivity contribution in [2.75, 3.05) is 5.32 Å². The van der Waals surface area contributed by atoms with Gasteiger partial charge in [-0.1, -0.05) is 18.5 Å². The van der Waals surface area contributed by atoms with Gasteiger partial charge in [-0.25, -0.2) is 4.79 Å². The summed E-state index contributed by atoms with van der Waals surface area (Å²) in [5.74, 6) is 2.54. The number of likely N-dealkylation sites (tertiary alicyclic amines) is 1. The van der Waals surface area contributed by atoms with Crippen LogP contribution in [0.2, 0.25) is 5.02 Å². The molecule has 2 N–H and O–H groups in total. The summed E-state index contributed by atoms with van der Waals surface area (Å²) in [6.45, 7) is 4.16. The van der Waals surface area contributed by atoms with Crippen molar-refractivity contribution in [3.63, 3.8) is 0 Å². The first kappa shape index (κ1) is 16.0. The fourth-order valence-electron chi connectivity index (χ4n) is 5.76. The summed E-state index contributed by atoms with van der Waals surface area (Å²) in [6.07, 6.45) is 3.87. The van der Waals surface area contributed by atoms with Gasteiger partial charge in [0, 0.05) is 28.7 Å². The number of benzene rings is 1. The van der Waals surface area contributed by atoms with Crippen molar-refractivity contribution in [3.8, 4) is 0 Å². The normalized spacial score (nSPS) is 43.6. The summed E-state index contributed by atoms with van der Waals surface area (Å²) in [7, 11) is 0. The molecule has 1 heterocycles. The zero-order chi connectivity index (χ0) is 17.5. The van der Waals surface area contributed by atoms with Crippen LogP contribution < -0.4 is 5.32 Å². The van der Waals surface area contributed by atoms with Gasteiger partial charge in [-0.15, -0.1) is 0 Å². The molecule has 5 rings (SSSR count). The molecule has 134 valence electrons. The molecule has 0 spiro atoms. The van der Waals surface area contributed by atoms with Crippen LogP contribution in [0.25, 0.3) is 0 Å². The lowest BCUT2D eigenvalue weighted by atomic mass is 9.69. The molecule has 4 aliphatic rings. The predicted molar refractivity (Wildman–Crippen MR) is 97.9 cm³/mol. The zero-order valence-corrected chi connectivity index (χ0v) is 15.5. The topological polar surface area (TPSA) is 52.6 Å². The average Bonchev–Trinajstić information content (AvgIpc) is 3.16. The monoisotopic (exact) mass is 360 g/mol. The molecule has 5 atom stereocenters. The Morgan fingerprint density at radius 1 is 1.36 bits per heavy atom. The predicted octanol–water partition coefficient (Wildman–Crippen LogP) is 4.23. The van der Waals surface area contributed by atoms with E-state index in [0.717, 1.165) is 53.3 Å². The Bertz CT molecular complexity index is 741. The largest absolute Gasteiger partial charge is 0.390 e. The quantitative estimate of drug-likeness (QED) is 0.829. The number of carbonyl (C=O) groups excluding carboxylic acids is 1. The maximum Gasteiger partial charge on any atom is 0.322 e. The molecule has 3 aliphatic carbocycles. The second-order valence-corrected chi connectivity index (χ2v) is 9.46. The zero-order valence-electron chi connectivity index (χ0n) is 14.7. The Morgan fingerprint density at radius 2 is 2.12 bits per heavy atom. The number of amides is 2. The van der Waals surface area contributed by atoms with Gasteiger partial charge >= 0.3 is 6.03 Å². The lowest BCUT2D eigenvalue weighted by molar-refractivity contribution is -0.0312. The van der Waals surface area contributed by atoms with E-state index in [4.69, 9.17) is 11.6 Å². The van der Waals surface area contributed by atoms with Crippen LogP contribution in [0, 0.1) is 17.8 Å². The summed E-state index contributed by atoms with van der Waals surface area (Å²) in [6, 6.07) is 6.70. The molecule has 1 aromatic rings. The summed E-state index contributed by atoms with van der Waals surface area (Å²) < 4.78 is 0. The van der Waals surface area contributed by atoms with Gasteiger partial charge in [0.05, 0.1) is 5.60 Å². The van der Waals surface area contributed by atoms with Gasteiger partial charge in [-0.3, -0.25) is 0 Å². The number of anilines is 1. The molecular weight excluding hydrogens is 336 g/mol. The number of fused-ring (bicyclic) bond motifs is 1. The van der Waals surface area contributed by atoms with Gasteiger partial charge in [0.15, 0.2) is 0 Å². The van der Waals surface area contributed by atoms with Crippen LogP contribution >= 0.6 is 11.6 Å². The average molecular weight is 361 g/mol. The molecule has 0 bridgehead atoms. The van der Waals surface area contributed by atoms with Gasteiger partial charge in [0.25, 0.3) is 0 Å². The van der Waals surface area contributed by atoms with Crippen LogP contribution in [-0.4, -0.2) is 33.7 Å². The summed E-state index contributed by atoms with van der Waals surface area (Å²) in [5, 5.41) is 13.8. The van der Waals surface area contributed by atoms with Gasteiger partial charge in [-0.2, -0.15) is 0 Å². The number of rotatable bonds is 2. The lowest BCUT2D eigenvalue weighted by Crippen LogP contribution is -2.54. The molecule has 0 radical (unpaired) electrons. The molecule has 4 nitrogen and oxygen atoms in total. The standard InChI is InChI=1S/C20H25ClN2O2/c1-10-5-14-17-16(6-10)23(18(14)17)19(24)22-12-3-4-15(21)13(7-12)11-8-20(2,25)9-11/h3-4,7,10-11,14,16-18,25H,5-6,8-9H2,1-2H3,(H,22,24)/t10-,11?,14-,16?,17-,18?,20?/m1/s1. The van der Waals surface area contributed by atoms with E-state index in [1.165, 1.54) is 6.42 Å². The first-order valence-electron chi connectivity index (χ1n) is 9.45. The molecule has 4 fully saturated rings. The van der Waals surface area contributed by atoms with Crippen LogP contribution in [0.4, 0.5) is 10.5 Å². The maximum absolute atomic E-state index is 12.8. The second kappa shape index (κ2) is 5.14. The number of aliphatic hydroxyl groups is 1. The Labute approximate surface area is 153 Å². The second-order valence-electron chi connectivity index (χ2n) is 9.05. The third kappa shape index (κ3) is 2.41. The van der Waals surface area contributed by atoms with Crippen molar-refractivity contribution in [2.24, 2.45) is 17.8 Å². The third-order valence-electron chi connectivity index (χ3n) is 6.92. The van der Waals surface area contributed by atoms with E-state index in [9.17, 15) is 9.90 Å². The number of carbonyl (C=O) groups is 1. The van der Waals surface area contributed by atoms with Crippen molar-refractivity contribution in [2.45, 2.75) is 63.1 Å². The van der Waals surface area contributed by atoms with E-state index >= 15 is 0 Å². The van der Waals surface area contributed by atoms with E-state index in [1.54, 1.807) is 0 Å². The molecule has 25 heavy (non-hydrogen) atoms. The Kier molecular flexibility index (Phi) is 3.28. The molecule has 1 aromatic carbocycles. The van der Waals surface area contributed by atoms with E-state index in [1.807, 2.05) is 25.1 Å². The first-order chi connectivity index (χ1) is 11.8. The fraction of sp³-hybridized carbons (Fsp3) is 0.650. The van der Waals surface area contributed by atoms with Crippen LogP contribution in [0.3, 0.4) is 0 Å². The van der Waals surface area contributed by atoms with Gasteiger partial charge in [0.1, 0.15) is 0 Å². The minimum Gasteiger partial charge on any atom is -0.390 e. The van der Waals surface area contributed by atoms with Crippen molar-refractivity contribution >= 4 is 23.3 Å². The number of nitrogens with zero attached hydrogens (tertiary/aromatic N) is 1. The van der Waals surface area contributed by atoms with Crippen LogP contribution in [0.5, 0.6) is 0 Å². The summed E-state index contributed by atoms with van der Waals surface area (Å²) in [4.78, 5) is 14.9. The van der Waals surface area contributed by atoms with Crippen molar-refractivity contribution in [1.29, 1.82) is 0 Å². The molecule has 2 amide bonds. The van der Waals surface area contributed by atoms with Crippen molar-refractivity contribution in [3.05, 3.63) is 28.8 Å². The van der Waals surface area contributed by atoms with Crippen LogP contribution in [0.1, 0.15) is 51.0 Å².